The van der Waals surface area contributed by atoms with Crippen LogP contribution in [0.3, 0.4) is 0 Å². The number of ether oxygens (including phenoxy) is 1. The zero-order chi connectivity index (χ0) is 11.4. The van der Waals surface area contributed by atoms with Gasteiger partial charge in [-0.05, 0) is 12.1 Å². The van der Waals surface area contributed by atoms with Gasteiger partial charge in [0, 0.05) is 11.6 Å². The summed E-state index contributed by atoms with van der Waals surface area (Å²) < 4.78 is 5.06. The van der Waals surface area contributed by atoms with Crippen molar-refractivity contribution >= 4 is 0 Å². The summed E-state index contributed by atoms with van der Waals surface area (Å²) >= 11 is 0. The quantitative estimate of drug-likeness (QED) is 0.765. The van der Waals surface area contributed by atoms with Gasteiger partial charge in [-0.2, -0.15) is 5.26 Å². The normalized spacial score (nSPS) is 9.50. The third kappa shape index (κ3) is 1.86. The highest BCUT2D eigenvalue weighted by atomic mass is 16.5. The lowest BCUT2D eigenvalue weighted by Gasteiger charge is -2.04. The van der Waals surface area contributed by atoms with E-state index in [-0.39, 0.29) is 0 Å². The lowest BCUT2D eigenvalue weighted by atomic mass is 10.1. The van der Waals surface area contributed by atoms with Gasteiger partial charge in [-0.25, -0.2) is 4.98 Å². The summed E-state index contributed by atoms with van der Waals surface area (Å²) in [6, 6.07) is 15.0. The van der Waals surface area contributed by atoms with Gasteiger partial charge in [0.15, 0.2) is 0 Å². The van der Waals surface area contributed by atoms with Crippen molar-refractivity contribution in [3.05, 3.63) is 48.0 Å². The van der Waals surface area contributed by atoms with Gasteiger partial charge in [0.2, 0.25) is 5.88 Å². The second-order valence-corrected chi connectivity index (χ2v) is 3.22. The maximum atomic E-state index is 9.00. The largest absolute Gasteiger partial charge is 0.481 e. The Kier molecular flexibility index (Phi) is 2.84. The van der Waals surface area contributed by atoms with Gasteiger partial charge in [0.1, 0.15) is 0 Å². The van der Waals surface area contributed by atoms with Crippen molar-refractivity contribution in [3.8, 4) is 23.2 Å². The van der Waals surface area contributed by atoms with Gasteiger partial charge in [-0.3, -0.25) is 0 Å². The molecule has 16 heavy (non-hydrogen) atoms. The van der Waals surface area contributed by atoms with Crippen molar-refractivity contribution in [2.75, 3.05) is 7.11 Å². The molecule has 0 unspecified atom stereocenters. The van der Waals surface area contributed by atoms with Crippen LogP contribution in [0.1, 0.15) is 5.56 Å². The van der Waals surface area contributed by atoms with Crippen LogP contribution in [-0.4, -0.2) is 12.1 Å². The fraction of sp³-hybridized carbons (Fsp3) is 0.0769. The minimum atomic E-state index is 0.547. The molecule has 0 fully saturated rings. The second kappa shape index (κ2) is 4.45. The molecule has 0 amide bonds. The minimum absolute atomic E-state index is 0.547. The first kappa shape index (κ1) is 10.2. The van der Waals surface area contributed by atoms with Crippen LogP contribution in [0.2, 0.25) is 0 Å². The molecule has 3 heteroatoms. The Bertz CT molecular complexity index is 544. The molecule has 1 aromatic carbocycles. The highest BCUT2D eigenvalue weighted by Crippen LogP contribution is 2.22. The summed E-state index contributed by atoms with van der Waals surface area (Å²) in [7, 11) is 1.57. The summed E-state index contributed by atoms with van der Waals surface area (Å²) in [6.45, 7) is 0. The molecule has 0 aliphatic rings. The molecule has 0 spiro atoms. The summed E-state index contributed by atoms with van der Waals surface area (Å²) in [5.41, 5.74) is 2.18. The zero-order valence-corrected chi connectivity index (χ0v) is 8.84. The number of benzene rings is 1. The summed E-state index contributed by atoms with van der Waals surface area (Å²) in [5, 5.41) is 9.00. The maximum Gasteiger partial charge on any atom is 0.213 e. The number of nitriles is 1. The third-order valence-corrected chi connectivity index (χ3v) is 2.26. The molecule has 0 saturated heterocycles. The van der Waals surface area contributed by atoms with Crippen LogP contribution < -0.4 is 4.74 Å². The maximum absolute atomic E-state index is 9.00. The molecule has 0 bridgehead atoms. The van der Waals surface area contributed by atoms with Crippen LogP contribution in [0.25, 0.3) is 11.3 Å². The summed E-state index contributed by atoms with van der Waals surface area (Å²) in [5.74, 6) is 0.547. The average Bonchev–Trinajstić information content (AvgIpc) is 2.38. The van der Waals surface area contributed by atoms with E-state index < -0.39 is 0 Å². The van der Waals surface area contributed by atoms with E-state index in [9.17, 15) is 0 Å². The number of nitrogens with zero attached hydrogens (tertiary/aromatic N) is 2. The minimum Gasteiger partial charge on any atom is -0.481 e. The van der Waals surface area contributed by atoms with Crippen molar-refractivity contribution < 1.29 is 4.74 Å². The predicted octanol–water partition coefficient (Wildman–Crippen LogP) is 2.63. The first-order chi connectivity index (χ1) is 7.85. The van der Waals surface area contributed by atoms with E-state index in [1.54, 1.807) is 19.2 Å². The Morgan fingerprint density at radius 3 is 2.69 bits per heavy atom. The van der Waals surface area contributed by atoms with Crippen molar-refractivity contribution in [2.45, 2.75) is 0 Å². The predicted molar refractivity (Wildman–Crippen MR) is 60.9 cm³/mol. The third-order valence-electron chi connectivity index (χ3n) is 2.26. The van der Waals surface area contributed by atoms with E-state index >= 15 is 0 Å². The van der Waals surface area contributed by atoms with E-state index in [0.29, 0.717) is 11.4 Å². The summed E-state index contributed by atoms with van der Waals surface area (Å²) in [4.78, 5) is 4.30. The van der Waals surface area contributed by atoms with Crippen LogP contribution in [0.5, 0.6) is 5.88 Å². The lowest BCUT2D eigenvalue weighted by molar-refractivity contribution is 0.398. The molecule has 1 aromatic heterocycles. The van der Waals surface area contributed by atoms with Crippen LogP contribution in [-0.2, 0) is 0 Å². The molecule has 0 radical (unpaired) electrons. The van der Waals surface area contributed by atoms with Gasteiger partial charge in [-0.1, -0.05) is 24.3 Å². The molecule has 0 saturated carbocycles. The Balaban J connectivity index is 2.55. The molecule has 2 rings (SSSR count). The van der Waals surface area contributed by atoms with E-state index in [1.165, 1.54) is 0 Å². The highest BCUT2D eigenvalue weighted by molar-refractivity contribution is 5.67. The van der Waals surface area contributed by atoms with Gasteiger partial charge < -0.3 is 4.74 Å². The molecule has 0 N–H and O–H groups in total. The molecule has 3 nitrogen and oxygen atoms in total. The van der Waals surface area contributed by atoms with Gasteiger partial charge in [-0.15, -0.1) is 0 Å². The molecule has 0 aliphatic heterocycles. The summed E-state index contributed by atoms with van der Waals surface area (Å²) in [6.07, 6.45) is 0. The van der Waals surface area contributed by atoms with Crippen LogP contribution in [0.4, 0.5) is 0 Å². The molecule has 2 aromatic rings. The van der Waals surface area contributed by atoms with Gasteiger partial charge >= 0.3 is 0 Å². The van der Waals surface area contributed by atoms with Crippen molar-refractivity contribution in [3.63, 3.8) is 0 Å². The number of methoxy groups -OCH3 is 1. The van der Waals surface area contributed by atoms with Crippen LogP contribution in [0, 0.1) is 11.3 Å². The Morgan fingerprint density at radius 1 is 1.12 bits per heavy atom. The van der Waals surface area contributed by atoms with E-state index in [0.717, 1.165) is 11.3 Å². The average molecular weight is 210 g/mol. The Labute approximate surface area is 93.9 Å². The Morgan fingerprint density at radius 2 is 1.94 bits per heavy atom. The number of hydrogen-bond acceptors (Lipinski definition) is 3. The first-order valence-electron chi connectivity index (χ1n) is 4.85. The molecule has 0 atom stereocenters. The van der Waals surface area contributed by atoms with E-state index in [1.807, 2.05) is 30.3 Å². The molecular weight excluding hydrogens is 200 g/mol. The smallest absolute Gasteiger partial charge is 0.213 e. The van der Waals surface area contributed by atoms with Gasteiger partial charge in [0.25, 0.3) is 0 Å². The molecule has 0 aliphatic carbocycles. The molecule has 78 valence electrons. The Hall–Kier alpha value is -2.34. The number of aromatic nitrogens is 1. The van der Waals surface area contributed by atoms with Crippen LogP contribution >= 0.6 is 0 Å². The fourth-order valence-corrected chi connectivity index (χ4v) is 1.48. The van der Waals surface area contributed by atoms with Crippen molar-refractivity contribution in [1.29, 1.82) is 5.26 Å². The number of rotatable bonds is 2. The zero-order valence-electron chi connectivity index (χ0n) is 8.84. The molecule has 1 heterocycles. The number of pyridine rings is 1. The fourth-order valence-electron chi connectivity index (χ4n) is 1.48. The monoisotopic (exact) mass is 210 g/mol. The SMILES string of the molecule is COc1cccc(-c2ccccc2C#N)n1. The highest BCUT2D eigenvalue weighted by Gasteiger charge is 2.05. The second-order valence-electron chi connectivity index (χ2n) is 3.22. The first-order valence-corrected chi connectivity index (χ1v) is 4.85. The van der Waals surface area contributed by atoms with E-state index in [2.05, 4.69) is 11.1 Å². The lowest BCUT2D eigenvalue weighted by Crippen LogP contribution is -1.91. The molecular formula is C13H10N2O. The number of hydrogen-bond donors (Lipinski definition) is 0. The van der Waals surface area contributed by atoms with Crippen molar-refractivity contribution in [1.82, 2.24) is 4.98 Å². The standard InChI is InChI=1S/C13H10N2O/c1-16-13-8-4-7-12(15-13)11-6-3-2-5-10(11)9-14/h2-8H,1H3. The van der Waals surface area contributed by atoms with Gasteiger partial charge in [0.05, 0.1) is 24.4 Å². The van der Waals surface area contributed by atoms with Crippen molar-refractivity contribution in [2.24, 2.45) is 0 Å². The topological polar surface area (TPSA) is 45.9 Å². The van der Waals surface area contributed by atoms with E-state index in [4.69, 9.17) is 10.00 Å². The van der Waals surface area contributed by atoms with Crippen LogP contribution in [0.15, 0.2) is 42.5 Å².